The standard InChI is InChI=1S/C18H31N5/c1-18(2,3)9-7-11-21-17(19-4)23-14-12-22(13-15-23)16-8-5-6-10-20-16/h5-6,8,10H,7,9,11-15H2,1-4H3,(H,19,21). The van der Waals surface area contributed by atoms with E-state index in [-0.39, 0.29) is 0 Å². The van der Waals surface area contributed by atoms with Crippen LogP contribution in [-0.2, 0) is 0 Å². The summed E-state index contributed by atoms with van der Waals surface area (Å²) in [5, 5.41) is 3.51. The Balaban J connectivity index is 1.76. The van der Waals surface area contributed by atoms with Crippen LogP contribution in [0.1, 0.15) is 33.6 Å². The fourth-order valence-electron chi connectivity index (χ4n) is 2.84. The topological polar surface area (TPSA) is 43.8 Å². The second-order valence-electron chi connectivity index (χ2n) is 7.30. The van der Waals surface area contributed by atoms with Crippen molar-refractivity contribution in [3.05, 3.63) is 24.4 Å². The van der Waals surface area contributed by atoms with Gasteiger partial charge in [-0.3, -0.25) is 4.99 Å². The van der Waals surface area contributed by atoms with E-state index in [4.69, 9.17) is 0 Å². The molecule has 1 saturated heterocycles. The summed E-state index contributed by atoms with van der Waals surface area (Å²) in [4.78, 5) is 13.6. The summed E-state index contributed by atoms with van der Waals surface area (Å²) in [5.74, 6) is 2.10. The van der Waals surface area contributed by atoms with E-state index in [0.717, 1.165) is 44.5 Å². The molecule has 5 heteroatoms. The molecule has 0 atom stereocenters. The second-order valence-corrected chi connectivity index (χ2v) is 7.30. The Morgan fingerprint density at radius 2 is 1.96 bits per heavy atom. The van der Waals surface area contributed by atoms with E-state index in [1.165, 1.54) is 12.8 Å². The van der Waals surface area contributed by atoms with Crippen LogP contribution in [0, 0.1) is 5.41 Å². The number of piperazine rings is 1. The Hall–Kier alpha value is -1.78. The fraction of sp³-hybridized carbons (Fsp3) is 0.667. The molecule has 2 rings (SSSR count). The van der Waals surface area contributed by atoms with Gasteiger partial charge in [-0.05, 0) is 30.4 Å². The number of rotatable bonds is 4. The third-order valence-corrected chi connectivity index (χ3v) is 4.15. The first-order chi connectivity index (χ1) is 11.0. The first-order valence-electron chi connectivity index (χ1n) is 8.61. The molecule has 0 aliphatic carbocycles. The van der Waals surface area contributed by atoms with Gasteiger partial charge in [-0.1, -0.05) is 26.8 Å². The van der Waals surface area contributed by atoms with Crippen LogP contribution in [-0.4, -0.2) is 55.6 Å². The van der Waals surface area contributed by atoms with Crippen LogP contribution in [0.3, 0.4) is 0 Å². The van der Waals surface area contributed by atoms with Crippen molar-refractivity contribution < 1.29 is 0 Å². The average molecular weight is 317 g/mol. The third kappa shape index (κ3) is 5.73. The number of aliphatic imine (C=N–C) groups is 1. The van der Waals surface area contributed by atoms with Gasteiger partial charge in [0.2, 0.25) is 0 Å². The molecule has 1 aromatic heterocycles. The second kappa shape index (κ2) is 8.18. The quantitative estimate of drug-likeness (QED) is 0.527. The number of hydrogen-bond donors (Lipinski definition) is 1. The van der Waals surface area contributed by atoms with Crippen molar-refractivity contribution in [3.8, 4) is 0 Å². The summed E-state index contributed by atoms with van der Waals surface area (Å²) in [6.45, 7) is 11.8. The summed E-state index contributed by atoms with van der Waals surface area (Å²) >= 11 is 0. The molecule has 0 aromatic carbocycles. The number of guanidine groups is 1. The number of nitrogens with zero attached hydrogens (tertiary/aromatic N) is 4. The van der Waals surface area contributed by atoms with E-state index in [1.54, 1.807) is 0 Å². The maximum absolute atomic E-state index is 4.44. The van der Waals surface area contributed by atoms with Crippen LogP contribution >= 0.6 is 0 Å². The number of aromatic nitrogens is 1. The first kappa shape index (κ1) is 17.6. The zero-order valence-electron chi connectivity index (χ0n) is 15.0. The minimum atomic E-state index is 0.402. The highest BCUT2D eigenvalue weighted by atomic mass is 15.4. The molecule has 2 heterocycles. The Morgan fingerprint density at radius 3 is 2.52 bits per heavy atom. The SMILES string of the molecule is CN=C(NCCCC(C)(C)C)N1CCN(c2ccccn2)CC1. The highest BCUT2D eigenvalue weighted by Crippen LogP contribution is 2.19. The van der Waals surface area contributed by atoms with Crippen molar-refractivity contribution in [2.24, 2.45) is 10.4 Å². The van der Waals surface area contributed by atoms with Gasteiger partial charge in [-0.15, -0.1) is 0 Å². The van der Waals surface area contributed by atoms with Crippen molar-refractivity contribution in [1.82, 2.24) is 15.2 Å². The lowest BCUT2D eigenvalue weighted by atomic mass is 9.91. The molecule has 1 N–H and O–H groups in total. The van der Waals surface area contributed by atoms with Gasteiger partial charge in [-0.25, -0.2) is 4.98 Å². The summed E-state index contributed by atoms with van der Waals surface area (Å²) < 4.78 is 0. The van der Waals surface area contributed by atoms with E-state index < -0.39 is 0 Å². The zero-order chi connectivity index (χ0) is 16.7. The maximum atomic E-state index is 4.44. The molecule has 0 spiro atoms. The van der Waals surface area contributed by atoms with Crippen LogP contribution in [0.15, 0.2) is 29.4 Å². The molecule has 0 saturated carbocycles. The zero-order valence-corrected chi connectivity index (χ0v) is 15.0. The van der Waals surface area contributed by atoms with E-state index >= 15 is 0 Å². The molecule has 5 nitrogen and oxygen atoms in total. The van der Waals surface area contributed by atoms with Gasteiger partial charge in [0.25, 0.3) is 0 Å². The summed E-state index contributed by atoms with van der Waals surface area (Å²) in [6, 6.07) is 6.09. The first-order valence-corrected chi connectivity index (χ1v) is 8.61. The number of anilines is 1. The molecule has 1 fully saturated rings. The van der Waals surface area contributed by atoms with Crippen LogP contribution < -0.4 is 10.2 Å². The summed E-state index contributed by atoms with van der Waals surface area (Å²) in [6.07, 6.45) is 4.26. The molecule has 1 aromatic rings. The molecule has 1 aliphatic rings. The monoisotopic (exact) mass is 317 g/mol. The lowest BCUT2D eigenvalue weighted by Crippen LogP contribution is -2.52. The number of nitrogens with one attached hydrogen (secondary N) is 1. The van der Waals surface area contributed by atoms with Crippen molar-refractivity contribution in [3.63, 3.8) is 0 Å². The minimum Gasteiger partial charge on any atom is -0.356 e. The molecule has 0 radical (unpaired) electrons. The summed E-state index contributed by atoms with van der Waals surface area (Å²) in [7, 11) is 1.87. The van der Waals surface area contributed by atoms with Crippen molar-refractivity contribution in [1.29, 1.82) is 0 Å². The predicted octanol–water partition coefficient (Wildman–Crippen LogP) is 2.61. The van der Waals surface area contributed by atoms with Gasteiger partial charge in [0.05, 0.1) is 0 Å². The Kier molecular flexibility index (Phi) is 6.25. The van der Waals surface area contributed by atoms with E-state index in [0.29, 0.717) is 5.41 Å². The number of hydrogen-bond acceptors (Lipinski definition) is 3. The minimum absolute atomic E-state index is 0.402. The number of pyridine rings is 1. The maximum Gasteiger partial charge on any atom is 0.193 e. The van der Waals surface area contributed by atoms with Gasteiger partial charge in [0, 0.05) is 46.0 Å². The van der Waals surface area contributed by atoms with E-state index in [1.807, 2.05) is 25.4 Å². The van der Waals surface area contributed by atoms with E-state index in [2.05, 4.69) is 51.9 Å². The Bertz CT molecular complexity index is 484. The summed E-state index contributed by atoms with van der Waals surface area (Å²) in [5.41, 5.74) is 0.402. The normalized spacial score (nSPS) is 16.6. The van der Waals surface area contributed by atoms with Crippen molar-refractivity contribution in [2.75, 3.05) is 44.7 Å². The van der Waals surface area contributed by atoms with E-state index in [9.17, 15) is 0 Å². The predicted molar refractivity (Wildman–Crippen MR) is 98.1 cm³/mol. The van der Waals surface area contributed by atoms with Gasteiger partial charge in [-0.2, -0.15) is 0 Å². The van der Waals surface area contributed by atoms with Crippen LogP contribution in [0.5, 0.6) is 0 Å². The van der Waals surface area contributed by atoms with Gasteiger partial charge in [0.1, 0.15) is 5.82 Å². The largest absolute Gasteiger partial charge is 0.356 e. The highest BCUT2D eigenvalue weighted by molar-refractivity contribution is 5.80. The molecule has 0 unspecified atom stereocenters. The molecule has 0 bridgehead atoms. The van der Waals surface area contributed by atoms with Crippen LogP contribution in [0.4, 0.5) is 5.82 Å². The smallest absolute Gasteiger partial charge is 0.193 e. The average Bonchev–Trinajstić information content (AvgIpc) is 2.55. The fourth-order valence-corrected chi connectivity index (χ4v) is 2.84. The lowest BCUT2D eigenvalue weighted by Gasteiger charge is -2.37. The molecule has 0 amide bonds. The van der Waals surface area contributed by atoms with Crippen molar-refractivity contribution >= 4 is 11.8 Å². The molecule has 23 heavy (non-hydrogen) atoms. The molecular formula is C18H31N5. The lowest BCUT2D eigenvalue weighted by molar-refractivity contribution is 0.354. The Morgan fingerprint density at radius 1 is 1.22 bits per heavy atom. The van der Waals surface area contributed by atoms with Gasteiger partial charge >= 0.3 is 0 Å². The molecule has 128 valence electrons. The van der Waals surface area contributed by atoms with Gasteiger partial charge in [0.15, 0.2) is 5.96 Å². The van der Waals surface area contributed by atoms with Gasteiger partial charge < -0.3 is 15.1 Å². The van der Waals surface area contributed by atoms with Crippen molar-refractivity contribution in [2.45, 2.75) is 33.6 Å². The van der Waals surface area contributed by atoms with Crippen LogP contribution in [0.25, 0.3) is 0 Å². The highest BCUT2D eigenvalue weighted by Gasteiger charge is 2.20. The Labute approximate surface area is 140 Å². The molecule has 1 aliphatic heterocycles. The van der Waals surface area contributed by atoms with Crippen LogP contribution in [0.2, 0.25) is 0 Å². The molecular weight excluding hydrogens is 286 g/mol. The third-order valence-electron chi connectivity index (χ3n) is 4.15.